The van der Waals surface area contributed by atoms with Crippen molar-refractivity contribution in [1.82, 2.24) is 14.9 Å². The molecule has 1 amide bonds. The SMILES string of the molecule is Cc1cccc(OCCCn2c([C@@H](C)NC(=O)c3ccco3)nc3ccccc32)c1. The van der Waals surface area contributed by atoms with Gasteiger partial charge in [-0.05, 0) is 62.2 Å². The molecule has 0 aliphatic heterocycles. The third kappa shape index (κ3) is 4.38. The Kier molecular flexibility index (Phi) is 5.84. The second-order valence-electron chi connectivity index (χ2n) is 7.30. The van der Waals surface area contributed by atoms with Crippen LogP contribution in [0, 0.1) is 6.92 Å². The van der Waals surface area contributed by atoms with Crippen LogP contribution in [0.5, 0.6) is 5.75 Å². The molecule has 1 N–H and O–H groups in total. The predicted octanol–water partition coefficient (Wildman–Crippen LogP) is 4.90. The fourth-order valence-electron chi connectivity index (χ4n) is 3.52. The highest BCUT2D eigenvalue weighted by Crippen LogP contribution is 2.22. The van der Waals surface area contributed by atoms with Crippen molar-refractivity contribution in [3.63, 3.8) is 0 Å². The summed E-state index contributed by atoms with van der Waals surface area (Å²) in [7, 11) is 0. The van der Waals surface area contributed by atoms with Gasteiger partial charge in [-0.3, -0.25) is 4.79 Å². The molecule has 154 valence electrons. The molecule has 30 heavy (non-hydrogen) atoms. The number of para-hydroxylation sites is 2. The second-order valence-corrected chi connectivity index (χ2v) is 7.30. The number of nitrogens with one attached hydrogen (secondary N) is 1. The van der Waals surface area contributed by atoms with Crippen LogP contribution in [0.4, 0.5) is 0 Å². The standard InChI is InChI=1S/C24H25N3O3/c1-17-8-5-9-19(16-17)29-15-7-13-27-21-11-4-3-10-20(21)26-23(27)18(2)25-24(28)22-12-6-14-30-22/h3-6,8-12,14,16,18H,7,13,15H2,1-2H3,(H,25,28)/t18-/m1/s1. The lowest BCUT2D eigenvalue weighted by molar-refractivity contribution is 0.0909. The lowest BCUT2D eigenvalue weighted by atomic mass is 10.2. The van der Waals surface area contributed by atoms with E-state index in [0.717, 1.165) is 35.6 Å². The Balaban J connectivity index is 1.47. The molecule has 0 unspecified atom stereocenters. The number of aryl methyl sites for hydroxylation is 2. The monoisotopic (exact) mass is 403 g/mol. The van der Waals surface area contributed by atoms with Crippen LogP contribution in [0.15, 0.2) is 71.3 Å². The van der Waals surface area contributed by atoms with Crippen LogP contribution >= 0.6 is 0 Å². The molecule has 4 rings (SSSR count). The summed E-state index contributed by atoms with van der Waals surface area (Å²) in [6.45, 7) is 5.32. The van der Waals surface area contributed by atoms with E-state index in [-0.39, 0.29) is 17.7 Å². The van der Waals surface area contributed by atoms with E-state index in [0.29, 0.717) is 6.61 Å². The van der Waals surface area contributed by atoms with Gasteiger partial charge in [0.2, 0.25) is 0 Å². The smallest absolute Gasteiger partial charge is 0.287 e. The number of furan rings is 1. The summed E-state index contributed by atoms with van der Waals surface area (Å²) in [4.78, 5) is 17.2. The average Bonchev–Trinajstić information content (AvgIpc) is 3.40. The topological polar surface area (TPSA) is 69.3 Å². The molecule has 2 aromatic carbocycles. The highest BCUT2D eigenvalue weighted by Gasteiger charge is 2.20. The number of ether oxygens (including phenoxy) is 1. The van der Waals surface area contributed by atoms with E-state index in [1.54, 1.807) is 12.1 Å². The zero-order valence-electron chi connectivity index (χ0n) is 17.2. The Morgan fingerprint density at radius 3 is 2.83 bits per heavy atom. The lowest BCUT2D eigenvalue weighted by Crippen LogP contribution is -2.28. The number of rotatable bonds is 8. The van der Waals surface area contributed by atoms with Crippen LogP contribution in [0.1, 0.15) is 41.3 Å². The molecule has 0 spiro atoms. The largest absolute Gasteiger partial charge is 0.494 e. The van der Waals surface area contributed by atoms with Crippen molar-refractivity contribution in [1.29, 1.82) is 0 Å². The van der Waals surface area contributed by atoms with E-state index in [1.165, 1.54) is 11.8 Å². The first-order chi connectivity index (χ1) is 14.6. The van der Waals surface area contributed by atoms with Crippen molar-refractivity contribution in [2.75, 3.05) is 6.61 Å². The molecule has 0 bridgehead atoms. The van der Waals surface area contributed by atoms with E-state index in [4.69, 9.17) is 14.1 Å². The van der Waals surface area contributed by atoms with Gasteiger partial charge in [-0.15, -0.1) is 0 Å². The van der Waals surface area contributed by atoms with Crippen LogP contribution in [-0.2, 0) is 6.54 Å². The van der Waals surface area contributed by atoms with Crippen molar-refractivity contribution in [3.8, 4) is 5.75 Å². The molecule has 0 fully saturated rings. The minimum atomic E-state index is -0.271. The molecule has 0 aliphatic rings. The summed E-state index contributed by atoms with van der Waals surface area (Å²) in [5.41, 5.74) is 3.13. The fourth-order valence-corrected chi connectivity index (χ4v) is 3.52. The van der Waals surface area contributed by atoms with E-state index in [2.05, 4.69) is 22.9 Å². The second kappa shape index (κ2) is 8.86. The quantitative estimate of drug-likeness (QED) is 0.425. The summed E-state index contributed by atoms with van der Waals surface area (Å²) < 4.78 is 13.2. The maximum atomic E-state index is 12.4. The summed E-state index contributed by atoms with van der Waals surface area (Å²) in [5, 5.41) is 2.98. The summed E-state index contributed by atoms with van der Waals surface area (Å²) in [5.74, 6) is 1.72. The van der Waals surface area contributed by atoms with E-state index >= 15 is 0 Å². The zero-order valence-corrected chi connectivity index (χ0v) is 17.2. The molecule has 0 radical (unpaired) electrons. The number of carbonyl (C=O) groups is 1. The third-order valence-electron chi connectivity index (χ3n) is 4.95. The normalized spacial score (nSPS) is 12.1. The lowest BCUT2D eigenvalue weighted by Gasteiger charge is -2.16. The van der Waals surface area contributed by atoms with Crippen molar-refractivity contribution in [2.45, 2.75) is 32.9 Å². The number of nitrogens with zero attached hydrogens (tertiary/aromatic N) is 2. The van der Waals surface area contributed by atoms with E-state index in [9.17, 15) is 4.79 Å². The number of imidazole rings is 1. The maximum absolute atomic E-state index is 12.4. The average molecular weight is 403 g/mol. The fraction of sp³-hybridized carbons (Fsp3) is 0.250. The molecule has 4 aromatic rings. The van der Waals surface area contributed by atoms with Crippen LogP contribution in [0.3, 0.4) is 0 Å². The number of aromatic nitrogens is 2. The van der Waals surface area contributed by atoms with Crippen molar-refractivity contribution < 1.29 is 13.9 Å². The Morgan fingerprint density at radius 2 is 2.03 bits per heavy atom. The highest BCUT2D eigenvalue weighted by molar-refractivity contribution is 5.91. The first kappa shape index (κ1) is 19.8. The molecule has 0 saturated heterocycles. The van der Waals surface area contributed by atoms with Gasteiger partial charge in [0.05, 0.1) is 29.9 Å². The van der Waals surface area contributed by atoms with Crippen LogP contribution in [0.2, 0.25) is 0 Å². The van der Waals surface area contributed by atoms with Gasteiger partial charge in [-0.1, -0.05) is 24.3 Å². The van der Waals surface area contributed by atoms with Crippen LogP contribution < -0.4 is 10.1 Å². The Morgan fingerprint density at radius 1 is 1.17 bits per heavy atom. The highest BCUT2D eigenvalue weighted by atomic mass is 16.5. The molecule has 6 heteroatoms. The number of hydrogen-bond acceptors (Lipinski definition) is 4. The first-order valence-electron chi connectivity index (χ1n) is 10.1. The number of benzene rings is 2. The number of fused-ring (bicyclic) bond motifs is 1. The van der Waals surface area contributed by atoms with Crippen molar-refractivity contribution in [3.05, 3.63) is 84.1 Å². The van der Waals surface area contributed by atoms with E-state index in [1.807, 2.05) is 49.4 Å². The van der Waals surface area contributed by atoms with Crippen LogP contribution in [0.25, 0.3) is 11.0 Å². The molecular weight excluding hydrogens is 378 g/mol. The first-order valence-corrected chi connectivity index (χ1v) is 10.1. The van der Waals surface area contributed by atoms with Gasteiger partial charge in [0.15, 0.2) is 5.76 Å². The molecule has 2 aromatic heterocycles. The molecule has 2 heterocycles. The molecule has 0 aliphatic carbocycles. The summed E-state index contributed by atoms with van der Waals surface area (Å²) in [6.07, 6.45) is 2.31. The van der Waals surface area contributed by atoms with Crippen LogP contribution in [-0.4, -0.2) is 22.1 Å². The van der Waals surface area contributed by atoms with Gasteiger partial charge in [0.1, 0.15) is 11.6 Å². The number of hydrogen-bond donors (Lipinski definition) is 1. The number of amides is 1. The van der Waals surface area contributed by atoms with Crippen molar-refractivity contribution in [2.24, 2.45) is 0 Å². The molecule has 0 saturated carbocycles. The van der Waals surface area contributed by atoms with E-state index < -0.39 is 0 Å². The summed E-state index contributed by atoms with van der Waals surface area (Å²) in [6, 6.07) is 19.1. The maximum Gasteiger partial charge on any atom is 0.287 e. The minimum Gasteiger partial charge on any atom is -0.494 e. The van der Waals surface area contributed by atoms with Gasteiger partial charge in [0.25, 0.3) is 5.91 Å². The van der Waals surface area contributed by atoms with Gasteiger partial charge < -0.3 is 19.0 Å². The number of carbonyl (C=O) groups excluding carboxylic acids is 1. The Labute approximate surface area is 175 Å². The Bertz CT molecular complexity index is 1130. The zero-order chi connectivity index (χ0) is 20.9. The van der Waals surface area contributed by atoms with Gasteiger partial charge in [-0.25, -0.2) is 4.98 Å². The summed E-state index contributed by atoms with van der Waals surface area (Å²) >= 11 is 0. The molecule has 6 nitrogen and oxygen atoms in total. The molecule has 1 atom stereocenters. The van der Waals surface area contributed by atoms with Crippen molar-refractivity contribution >= 4 is 16.9 Å². The van der Waals surface area contributed by atoms with Gasteiger partial charge >= 0.3 is 0 Å². The van der Waals surface area contributed by atoms with Gasteiger partial charge in [0, 0.05) is 6.54 Å². The predicted molar refractivity (Wildman–Crippen MR) is 116 cm³/mol. The Hall–Kier alpha value is -3.54. The minimum absolute atomic E-state index is 0.256. The molecular formula is C24H25N3O3. The third-order valence-corrected chi connectivity index (χ3v) is 4.95. The van der Waals surface area contributed by atoms with Gasteiger partial charge in [-0.2, -0.15) is 0 Å².